The summed E-state index contributed by atoms with van der Waals surface area (Å²) < 4.78 is 41.4. The molecule has 1 aliphatic rings. The number of rotatable bonds is 11. The topological polar surface area (TPSA) is 82.3 Å². The quantitative estimate of drug-likeness (QED) is 0.446. The van der Waals surface area contributed by atoms with Crippen LogP contribution < -0.4 is 4.72 Å². The smallest absolute Gasteiger partial charge is 0.214 e. The predicted molar refractivity (Wildman–Crippen MR) is 140 cm³/mol. The summed E-state index contributed by atoms with van der Waals surface area (Å²) in [6.45, 7) is 12.1. The summed E-state index contributed by atoms with van der Waals surface area (Å²) in [5.41, 5.74) is 1.79. The summed E-state index contributed by atoms with van der Waals surface area (Å²) in [5, 5.41) is 0.440. The molecule has 6 nitrogen and oxygen atoms in total. The number of Topliss-reactive ketones (excluding diaryl/α,β-unsaturated/α-hetero) is 1. The fourth-order valence-corrected chi connectivity index (χ4v) is 5.81. The average molecular weight is 508 g/mol. The van der Waals surface area contributed by atoms with E-state index >= 15 is 0 Å². The number of piperidine rings is 1. The van der Waals surface area contributed by atoms with Crippen molar-refractivity contribution in [3.05, 3.63) is 35.8 Å². The molecule has 3 rings (SSSR count). The number of benzene rings is 1. The van der Waals surface area contributed by atoms with Gasteiger partial charge in [-0.3, -0.25) is 4.79 Å². The van der Waals surface area contributed by atoms with E-state index in [4.69, 9.17) is 0 Å². The summed E-state index contributed by atoms with van der Waals surface area (Å²) in [7, 11) is -3.34. The van der Waals surface area contributed by atoms with Crippen molar-refractivity contribution < 1.29 is 17.6 Å². The van der Waals surface area contributed by atoms with Gasteiger partial charge in [-0.1, -0.05) is 20.8 Å². The lowest BCUT2D eigenvalue weighted by Crippen LogP contribution is -2.53. The van der Waals surface area contributed by atoms with E-state index in [9.17, 15) is 17.6 Å². The first-order valence-electron chi connectivity index (χ1n) is 12.9. The van der Waals surface area contributed by atoms with Gasteiger partial charge in [0, 0.05) is 42.5 Å². The van der Waals surface area contributed by atoms with E-state index in [1.54, 1.807) is 26.0 Å². The normalized spacial score (nSPS) is 17.3. The number of sulfonamides is 1. The highest BCUT2D eigenvalue weighted by molar-refractivity contribution is 7.90. The lowest BCUT2D eigenvalue weighted by atomic mass is 9.85. The molecular formula is C27H42FN3O3S. The van der Waals surface area contributed by atoms with Crippen molar-refractivity contribution in [3.63, 3.8) is 0 Å². The Morgan fingerprint density at radius 3 is 2.54 bits per heavy atom. The van der Waals surface area contributed by atoms with Crippen LogP contribution in [-0.4, -0.2) is 55.0 Å². The molecule has 2 heterocycles. The molecule has 1 aromatic heterocycles. The van der Waals surface area contributed by atoms with Crippen molar-refractivity contribution in [2.24, 2.45) is 11.3 Å². The Labute approximate surface area is 210 Å². The van der Waals surface area contributed by atoms with Crippen molar-refractivity contribution >= 4 is 26.7 Å². The number of halogens is 1. The SMILES string of the molecule is CC(C)S(=O)(=O)NC(CN1CCC(CC(=O)CCCc2c[nH]c3ccc(F)cc23)CC1)C(C)(C)C. The van der Waals surface area contributed by atoms with Crippen LogP contribution in [0.3, 0.4) is 0 Å². The van der Waals surface area contributed by atoms with Crippen molar-refractivity contribution in [3.8, 4) is 0 Å². The summed E-state index contributed by atoms with van der Waals surface area (Å²) in [6.07, 6.45) is 6.52. The highest BCUT2D eigenvalue weighted by Crippen LogP contribution is 2.26. The van der Waals surface area contributed by atoms with E-state index in [2.05, 4.69) is 35.4 Å². The second-order valence-electron chi connectivity index (χ2n) is 11.5. The number of carbonyl (C=O) groups excluding carboxylic acids is 1. The number of ketones is 1. The Morgan fingerprint density at radius 2 is 1.91 bits per heavy atom. The number of hydrogen-bond donors (Lipinski definition) is 2. The number of H-pyrrole nitrogens is 1. The molecule has 0 spiro atoms. The molecule has 0 aliphatic carbocycles. The summed E-state index contributed by atoms with van der Waals surface area (Å²) in [4.78, 5) is 18.1. The van der Waals surface area contributed by atoms with Gasteiger partial charge in [0.05, 0.1) is 5.25 Å². The first-order chi connectivity index (χ1) is 16.3. The molecule has 0 radical (unpaired) electrons. The van der Waals surface area contributed by atoms with Crippen molar-refractivity contribution in [1.82, 2.24) is 14.6 Å². The standard InChI is InChI=1S/C27H42FN3O3S/c1-19(2)35(33,34)30-26(27(3,4)5)18-31-13-11-20(12-14-31)15-23(32)8-6-7-21-17-29-25-10-9-22(28)16-24(21)25/h9-10,16-17,19-20,26,29-30H,6-8,11-15,18H2,1-5H3. The van der Waals surface area contributed by atoms with Crippen LogP contribution in [0.15, 0.2) is 24.4 Å². The van der Waals surface area contributed by atoms with Gasteiger partial charge in [0.15, 0.2) is 0 Å². The monoisotopic (exact) mass is 507 g/mol. The van der Waals surface area contributed by atoms with Crippen LogP contribution in [0.25, 0.3) is 10.9 Å². The van der Waals surface area contributed by atoms with Crippen LogP contribution in [0.2, 0.25) is 0 Å². The van der Waals surface area contributed by atoms with E-state index in [0.29, 0.717) is 31.1 Å². The molecule has 1 saturated heterocycles. The minimum absolute atomic E-state index is 0.161. The van der Waals surface area contributed by atoms with E-state index in [1.807, 2.05) is 6.20 Å². The molecule has 0 bridgehead atoms. The Hall–Kier alpha value is -1.77. The Morgan fingerprint density at radius 1 is 1.23 bits per heavy atom. The molecular weight excluding hydrogens is 465 g/mol. The Kier molecular flexibility index (Phi) is 9.16. The number of nitrogens with zero attached hydrogens (tertiary/aromatic N) is 1. The third kappa shape index (κ3) is 7.86. The average Bonchev–Trinajstić information content (AvgIpc) is 3.15. The lowest BCUT2D eigenvalue weighted by Gasteiger charge is -2.39. The van der Waals surface area contributed by atoms with E-state index in [0.717, 1.165) is 55.2 Å². The van der Waals surface area contributed by atoms with Gasteiger partial charge in [-0.15, -0.1) is 0 Å². The van der Waals surface area contributed by atoms with Crippen LogP contribution in [0, 0.1) is 17.2 Å². The van der Waals surface area contributed by atoms with Crippen molar-refractivity contribution in [2.75, 3.05) is 19.6 Å². The van der Waals surface area contributed by atoms with Crippen molar-refractivity contribution in [2.45, 2.75) is 84.4 Å². The molecule has 0 amide bonds. The Balaban J connectivity index is 1.42. The zero-order valence-corrected chi connectivity index (χ0v) is 22.7. The van der Waals surface area contributed by atoms with Crippen molar-refractivity contribution in [1.29, 1.82) is 0 Å². The van der Waals surface area contributed by atoms with Crippen LogP contribution in [0.1, 0.15) is 72.3 Å². The second kappa shape index (κ2) is 11.5. The van der Waals surface area contributed by atoms with Gasteiger partial charge in [-0.2, -0.15) is 0 Å². The zero-order chi connectivity index (χ0) is 25.8. The molecule has 1 atom stereocenters. The number of fused-ring (bicyclic) bond motifs is 1. The van der Waals surface area contributed by atoms with Gasteiger partial charge < -0.3 is 9.88 Å². The minimum Gasteiger partial charge on any atom is -0.361 e. The fraction of sp³-hybridized carbons (Fsp3) is 0.667. The zero-order valence-electron chi connectivity index (χ0n) is 21.9. The van der Waals surface area contributed by atoms with Gasteiger partial charge in [0.1, 0.15) is 11.6 Å². The minimum atomic E-state index is -3.34. The van der Waals surface area contributed by atoms with Crippen LogP contribution >= 0.6 is 0 Å². The van der Waals surface area contributed by atoms with E-state index < -0.39 is 15.3 Å². The highest BCUT2D eigenvalue weighted by atomic mass is 32.2. The molecule has 1 unspecified atom stereocenters. The van der Waals surface area contributed by atoms with Gasteiger partial charge in [-0.05, 0) is 87.7 Å². The van der Waals surface area contributed by atoms with E-state index in [-0.39, 0.29) is 17.3 Å². The number of nitrogens with one attached hydrogen (secondary N) is 2. The maximum absolute atomic E-state index is 13.6. The first-order valence-corrected chi connectivity index (χ1v) is 14.4. The maximum Gasteiger partial charge on any atom is 0.214 e. The molecule has 196 valence electrons. The van der Waals surface area contributed by atoms with Gasteiger partial charge in [-0.25, -0.2) is 17.5 Å². The van der Waals surface area contributed by atoms with Gasteiger partial charge in [0.2, 0.25) is 10.0 Å². The Bertz CT molecular complexity index is 1100. The number of aryl methyl sites for hydroxylation is 1. The highest BCUT2D eigenvalue weighted by Gasteiger charge is 2.33. The molecule has 1 aliphatic heterocycles. The van der Waals surface area contributed by atoms with Crippen LogP contribution in [0.4, 0.5) is 4.39 Å². The second-order valence-corrected chi connectivity index (χ2v) is 13.7. The number of carbonyl (C=O) groups is 1. The van der Waals surface area contributed by atoms with Gasteiger partial charge in [0.25, 0.3) is 0 Å². The van der Waals surface area contributed by atoms with E-state index in [1.165, 1.54) is 6.07 Å². The molecule has 0 saturated carbocycles. The fourth-order valence-electron chi connectivity index (χ4n) is 4.71. The van der Waals surface area contributed by atoms with Crippen LogP contribution in [-0.2, 0) is 21.2 Å². The molecule has 2 N–H and O–H groups in total. The number of likely N-dealkylation sites (tertiary alicyclic amines) is 1. The molecule has 2 aromatic rings. The third-order valence-electron chi connectivity index (χ3n) is 7.27. The molecule has 35 heavy (non-hydrogen) atoms. The summed E-state index contributed by atoms with van der Waals surface area (Å²) in [5.74, 6) is 0.444. The third-order valence-corrected chi connectivity index (χ3v) is 9.12. The lowest BCUT2D eigenvalue weighted by molar-refractivity contribution is -0.120. The molecule has 1 fully saturated rings. The maximum atomic E-state index is 13.6. The molecule has 1 aromatic carbocycles. The number of aromatic amines is 1. The number of aromatic nitrogens is 1. The largest absolute Gasteiger partial charge is 0.361 e. The summed E-state index contributed by atoms with van der Waals surface area (Å²) in [6, 6.07) is 4.58. The van der Waals surface area contributed by atoms with Gasteiger partial charge >= 0.3 is 0 Å². The first kappa shape index (κ1) is 27.8. The summed E-state index contributed by atoms with van der Waals surface area (Å²) >= 11 is 0. The number of hydrogen-bond acceptors (Lipinski definition) is 4. The predicted octanol–water partition coefficient (Wildman–Crippen LogP) is 5.04. The molecule has 8 heteroatoms. The van der Waals surface area contributed by atoms with Crippen LogP contribution in [0.5, 0.6) is 0 Å².